The number of carbonyl (C=O) groups is 4. The number of carboxylic acid groups (broad SMARTS) is 1. The number of quaternary nitrogens is 1. The second kappa shape index (κ2) is 16.8. The Labute approximate surface area is 270 Å². The molecule has 5 rings (SSSR count). The summed E-state index contributed by atoms with van der Waals surface area (Å²) in [6.07, 6.45) is 0.218. The molecule has 0 aromatic heterocycles. The highest BCUT2D eigenvalue weighted by molar-refractivity contribution is 6.21. The van der Waals surface area contributed by atoms with E-state index in [-0.39, 0.29) is 30.1 Å². The van der Waals surface area contributed by atoms with Gasteiger partial charge in [-0.15, -0.1) is 0 Å². The van der Waals surface area contributed by atoms with Gasteiger partial charge in [-0.3, -0.25) is 19.3 Å². The van der Waals surface area contributed by atoms with E-state index in [0.717, 1.165) is 23.6 Å². The zero-order chi connectivity index (χ0) is 32.9. The predicted octanol–water partition coefficient (Wildman–Crippen LogP) is 4.00. The molecule has 46 heavy (non-hydrogen) atoms. The minimum Gasteiger partial charge on any atom is -0.550 e. The molecule has 4 aromatic carbocycles. The molecule has 1 aliphatic heterocycles. The van der Waals surface area contributed by atoms with Crippen molar-refractivity contribution in [1.29, 1.82) is 0 Å². The maximum absolute atomic E-state index is 12.9. The van der Waals surface area contributed by atoms with Crippen LogP contribution in [0, 0.1) is 17.8 Å². The van der Waals surface area contributed by atoms with Crippen LogP contribution in [0.4, 0.5) is 0 Å². The Kier molecular flexibility index (Phi) is 12.4. The molecule has 1 heterocycles. The summed E-state index contributed by atoms with van der Waals surface area (Å²) in [5.74, 6) is -5.80. The molecule has 2 amide bonds. The van der Waals surface area contributed by atoms with Crippen LogP contribution in [0.15, 0.2) is 115 Å². The number of ether oxygens (including phenoxy) is 1. The largest absolute Gasteiger partial charge is 0.550 e. The normalized spacial score (nSPS) is 13.4. The van der Waals surface area contributed by atoms with Crippen LogP contribution < -0.4 is 10.4 Å². The highest BCUT2D eigenvalue weighted by atomic mass is 16.5. The van der Waals surface area contributed by atoms with Gasteiger partial charge >= 0.3 is 5.97 Å². The lowest BCUT2D eigenvalue weighted by molar-refractivity contribution is -0.686. The molecular weight excluding hydrogens is 580 g/mol. The Balaban J connectivity index is 0.000000266. The van der Waals surface area contributed by atoms with Crippen molar-refractivity contribution in [3.05, 3.63) is 143 Å². The number of fused-ring (bicyclic) bond motifs is 1. The van der Waals surface area contributed by atoms with E-state index in [4.69, 9.17) is 4.74 Å². The van der Waals surface area contributed by atoms with E-state index in [1.807, 2.05) is 19.9 Å². The first-order valence-electron chi connectivity index (χ1n) is 15.5. The molecule has 2 N–H and O–H groups in total. The second-order valence-electron chi connectivity index (χ2n) is 11.7. The van der Waals surface area contributed by atoms with Crippen LogP contribution in [0.3, 0.4) is 0 Å². The fourth-order valence-corrected chi connectivity index (χ4v) is 5.37. The molecule has 0 fully saturated rings. The van der Waals surface area contributed by atoms with Crippen molar-refractivity contribution in [1.82, 2.24) is 4.90 Å². The summed E-state index contributed by atoms with van der Waals surface area (Å²) < 4.78 is 5.38. The van der Waals surface area contributed by atoms with Crippen LogP contribution in [0.2, 0.25) is 0 Å². The Morgan fingerprint density at radius 1 is 0.674 bits per heavy atom. The number of amides is 2. The summed E-state index contributed by atoms with van der Waals surface area (Å²) in [6.45, 7) is 5.36. The van der Waals surface area contributed by atoms with E-state index >= 15 is 0 Å². The number of hydrogen-bond donors (Lipinski definition) is 1. The van der Waals surface area contributed by atoms with Gasteiger partial charge < -0.3 is 20.0 Å². The summed E-state index contributed by atoms with van der Waals surface area (Å²) >= 11 is 0. The fraction of sp³-hybridized carbons (Fsp3) is 0.263. The summed E-state index contributed by atoms with van der Waals surface area (Å²) in [5.41, 5.74) is 3.97. The number of rotatable bonds is 13. The highest BCUT2D eigenvalue weighted by Crippen LogP contribution is 2.28. The van der Waals surface area contributed by atoms with Crippen molar-refractivity contribution in [2.45, 2.75) is 40.0 Å². The first-order valence-corrected chi connectivity index (χ1v) is 15.5. The average molecular weight is 621 g/mol. The smallest absolute Gasteiger partial charge is 0.310 e. The Morgan fingerprint density at radius 3 is 1.54 bits per heavy atom. The molecule has 8 heteroatoms. The summed E-state index contributed by atoms with van der Waals surface area (Å²) in [5, 5.41) is 14.3. The van der Waals surface area contributed by atoms with Crippen LogP contribution in [0.1, 0.15) is 57.7 Å². The zero-order valence-corrected chi connectivity index (χ0v) is 26.2. The fourth-order valence-electron chi connectivity index (χ4n) is 5.37. The van der Waals surface area contributed by atoms with E-state index in [1.165, 1.54) is 23.3 Å². The first kappa shape index (κ1) is 33.8. The molecule has 0 unspecified atom stereocenters. The number of carboxylic acids is 1. The van der Waals surface area contributed by atoms with E-state index in [9.17, 15) is 24.3 Å². The zero-order valence-electron chi connectivity index (χ0n) is 26.2. The van der Waals surface area contributed by atoms with Crippen molar-refractivity contribution in [2.75, 3.05) is 6.54 Å². The van der Waals surface area contributed by atoms with Gasteiger partial charge in [-0.05, 0) is 30.0 Å². The minimum absolute atomic E-state index is 0.00104. The molecule has 0 aliphatic carbocycles. The monoisotopic (exact) mass is 620 g/mol. The molecule has 0 radical (unpaired) electrons. The SMILES string of the molecule is CC(C)C[C@@H](C(=O)OCc1ccccc1)[C@H](CN1C(=O)c2ccccc2C1=O)C(=O)[O-].c1ccc(C[NH2+]Cc2ccccc2)cc1. The lowest BCUT2D eigenvalue weighted by Crippen LogP contribution is -2.80. The molecule has 0 saturated carbocycles. The highest BCUT2D eigenvalue weighted by Gasteiger charge is 2.40. The standard InChI is InChI=1S/C24H25NO6.C14H15N/c1-15(2)12-19(24(30)31-14-16-8-4-3-5-9-16)20(23(28)29)13-25-21(26)17-10-6-7-11-18(17)22(25)27;1-3-7-13(8-4-1)11-15-12-14-9-5-2-6-10-14/h3-11,15,19-20H,12-14H2,1-2H3,(H,28,29);1-10,15H,11-12H2/t19-,20+;/m1./s1. The van der Waals surface area contributed by atoms with Gasteiger partial charge in [-0.25, -0.2) is 0 Å². The van der Waals surface area contributed by atoms with Crippen molar-refractivity contribution >= 4 is 23.8 Å². The lowest BCUT2D eigenvalue weighted by atomic mass is 9.85. The molecule has 0 spiro atoms. The lowest BCUT2D eigenvalue weighted by Gasteiger charge is -2.30. The summed E-state index contributed by atoms with van der Waals surface area (Å²) in [6, 6.07) is 36.5. The molecule has 1 aliphatic rings. The summed E-state index contributed by atoms with van der Waals surface area (Å²) in [7, 11) is 0. The van der Waals surface area contributed by atoms with E-state index in [2.05, 4.69) is 66.0 Å². The number of hydrogen-bond acceptors (Lipinski definition) is 6. The minimum atomic E-state index is -1.50. The molecule has 0 bridgehead atoms. The maximum atomic E-state index is 12.9. The van der Waals surface area contributed by atoms with Gasteiger partial charge in [0.25, 0.3) is 11.8 Å². The third kappa shape index (κ3) is 9.46. The van der Waals surface area contributed by atoms with Gasteiger partial charge in [0.2, 0.25) is 0 Å². The van der Waals surface area contributed by atoms with Crippen molar-refractivity contribution < 1.29 is 34.3 Å². The molecule has 8 nitrogen and oxygen atoms in total. The second-order valence-corrected chi connectivity index (χ2v) is 11.7. The number of carbonyl (C=O) groups excluding carboxylic acids is 4. The van der Waals surface area contributed by atoms with Crippen LogP contribution in [0.5, 0.6) is 0 Å². The van der Waals surface area contributed by atoms with Crippen LogP contribution >= 0.6 is 0 Å². The van der Waals surface area contributed by atoms with E-state index < -0.39 is 42.1 Å². The molecule has 4 aromatic rings. The third-order valence-electron chi connectivity index (χ3n) is 7.74. The third-order valence-corrected chi connectivity index (χ3v) is 7.74. The number of nitrogens with zero attached hydrogens (tertiary/aromatic N) is 1. The number of benzene rings is 4. The van der Waals surface area contributed by atoms with E-state index in [1.54, 1.807) is 36.4 Å². The maximum Gasteiger partial charge on any atom is 0.310 e. The Morgan fingerprint density at radius 2 is 1.11 bits per heavy atom. The quantitative estimate of drug-likeness (QED) is 0.178. The average Bonchev–Trinajstić information content (AvgIpc) is 3.31. The topological polar surface area (TPSA) is 120 Å². The van der Waals surface area contributed by atoms with Crippen LogP contribution in [0.25, 0.3) is 0 Å². The Hall–Kier alpha value is -5.08. The molecule has 2 atom stereocenters. The number of nitrogens with two attached hydrogens (primary N) is 1. The summed E-state index contributed by atoms with van der Waals surface area (Å²) in [4.78, 5) is 51.1. The van der Waals surface area contributed by atoms with Gasteiger partial charge in [0, 0.05) is 29.6 Å². The van der Waals surface area contributed by atoms with Crippen LogP contribution in [-0.2, 0) is 34.0 Å². The van der Waals surface area contributed by atoms with Crippen molar-refractivity contribution in [3.63, 3.8) is 0 Å². The predicted molar refractivity (Wildman–Crippen MR) is 172 cm³/mol. The van der Waals surface area contributed by atoms with Gasteiger partial charge in [0.1, 0.15) is 19.7 Å². The van der Waals surface area contributed by atoms with E-state index in [0.29, 0.717) is 0 Å². The van der Waals surface area contributed by atoms with Crippen molar-refractivity contribution in [2.24, 2.45) is 17.8 Å². The molecule has 0 saturated heterocycles. The van der Waals surface area contributed by atoms with Gasteiger partial charge in [0.05, 0.1) is 17.0 Å². The first-order chi connectivity index (χ1) is 22.2. The number of aliphatic carboxylic acids is 1. The van der Waals surface area contributed by atoms with Gasteiger partial charge in [-0.2, -0.15) is 0 Å². The Bertz CT molecular complexity index is 1520. The van der Waals surface area contributed by atoms with Crippen LogP contribution in [-0.4, -0.2) is 35.2 Å². The van der Waals surface area contributed by atoms with Gasteiger partial charge in [-0.1, -0.05) is 117 Å². The number of imide groups is 1. The number of esters is 1. The van der Waals surface area contributed by atoms with Gasteiger partial charge in [0.15, 0.2) is 0 Å². The van der Waals surface area contributed by atoms with Crippen molar-refractivity contribution in [3.8, 4) is 0 Å². The molecule has 238 valence electrons. The molecular formula is C38H40N2O6.